The summed E-state index contributed by atoms with van der Waals surface area (Å²) in [5, 5.41) is 2.82. The first-order valence-electron chi connectivity index (χ1n) is 6.14. The van der Waals surface area contributed by atoms with Gasteiger partial charge in [-0.15, -0.1) is 0 Å². The number of nitrogens with one attached hydrogen (secondary N) is 1. The van der Waals surface area contributed by atoms with Crippen LogP contribution in [0.15, 0.2) is 0 Å². The lowest BCUT2D eigenvalue weighted by molar-refractivity contribution is 0.216. The van der Waals surface area contributed by atoms with Crippen LogP contribution in [0, 0.1) is 0 Å². The third kappa shape index (κ3) is 3.49. The first-order valence-corrected chi connectivity index (χ1v) is 9.12. The molecule has 0 aliphatic carbocycles. The van der Waals surface area contributed by atoms with Crippen molar-refractivity contribution in [2.75, 3.05) is 26.2 Å². The number of nitrogens with zero attached hydrogens (tertiary/aromatic N) is 1. The summed E-state index contributed by atoms with van der Waals surface area (Å²) in [6.45, 7) is 12.1. The monoisotopic (exact) mass is 244 g/mol. The molecule has 1 unspecified atom stereocenters. The van der Waals surface area contributed by atoms with Crippen LogP contribution in [0.3, 0.4) is 0 Å². The van der Waals surface area contributed by atoms with E-state index in [1.165, 1.54) is 0 Å². The van der Waals surface area contributed by atoms with E-state index in [1.54, 1.807) is 0 Å². The normalized spacial score (nSPS) is 18.8. The second-order valence-electron chi connectivity index (χ2n) is 4.95. The van der Waals surface area contributed by atoms with E-state index in [-0.39, 0.29) is 6.03 Å². The molecule has 0 bridgehead atoms. The molecule has 0 aromatic heterocycles. The van der Waals surface area contributed by atoms with Gasteiger partial charge in [0.25, 0.3) is 0 Å². The van der Waals surface area contributed by atoms with Crippen molar-refractivity contribution < 1.29 is 9.22 Å². The average Bonchev–Trinajstić information content (AvgIpc) is 2.60. The summed E-state index contributed by atoms with van der Waals surface area (Å²) in [6, 6.07) is 0.0862. The van der Waals surface area contributed by atoms with Crippen molar-refractivity contribution in [1.82, 2.24) is 10.2 Å². The van der Waals surface area contributed by atoms with Crippen molar-refractivity contribution in [2.24, 2.45) is 0 Å². The Labute approximate surface area is 99.5 Å². The van der Waals surface area contributed by atoms with Crippen molar-refractivity contribution in [3.63, 3.8) is 0 Å². The lowest BCUT2D eigenvalue weighted by Crippen LogP contribution is -2.38. The van der Waals surface area contributed by atoms with Crippen LogP contribution in [-0.2, 0) is 4.43 Å². The van der Waals surface area contributed by atoms with Crippen LogP contribution >= 0.6 is 0 Å². The second kappa shape index (κ2) is 5.68. The highest BCUT2D eigenvalue weighted by Gasteiger charge is 2.30. The Kier molecular flexibility index (Phi) is 4.80. The van der Waals surface area contributed by atoms with E-state index in [0.29, 0.717) is 5.54 Å². The van der Waals surface area contributed by atoms with Crippen LogP contribution in [-0.4, -0.2) is 45.5 Å². The number of hydrogen-bond donors (Lipinski definition) is 1. The number of carbonyl (C=O) groups excluding carboxylic acids is 1. The van der Waals surface area contributed by atoms with Gasteiger partial charge in [-0.25, -0.2) is 4.79 Å². The van der Waals surface area contributed by atoms with Crippen molar-refractivity contribution in [3.05, 3.63) is 0 Å². The summed E-state index contributed by atoms with van der Waals surface area (Å²) in [7, 11) is -1.56. The van der Waals surface area contributed by atoms with Gasteiger partial charge in [0.05, 0.1) is 0 Å². The van der Waals surface area contributed by atoms with Gasteiger partial charge in [0.1, 0.15) is 0 Å². The predicted octanol–water partition coefficient (Wildman–Crippen LogP) is 2.03. The lowest BCUT2D eigenvalue weighted by atomic mass is 10.3. The van der Waals surface area contributed by atoms with Crippen molar-refractivity contribution in [1.29, 1.82) is 0 Å². The number of carbonyl (C=O) groups is 1. The van der Waals surface area contributed by atoms with Gasteiger partial charge in [0.2, 0.25) is 0 Å². The zero-order valence-electron chi connectivity index (χ0n) is 10.9. The number of amides is 2. The summed E-state index contributed by atoms with van der Waals surface area (Å²) < 4.78 is 5.85. The van der Waals surface area contributed by atoms with E-state index >= 15 is 0 Å². The van der Waals surface area contributed by atoms with Crippen LogP contribution in [0.1, 0.15) is 20.3 Å². The lowest BCUT2D eigenvalue weighted by Gasteiger charge is -2.30. The van der Waals surface area contributed by atoms with E-state index in [9.17, 15) is 4.79 Å². The maximum atomic E-state index is 11.4. The molecule has 5 heteroatoms. The third-order valence-corrected chi connectivity index (χ3v) is 7.18. The van der Waals surface area contributed by atoms with E-state index in [0.717, 1.165) is 32.7 Å². The highest BCUT2D eigenvalue weighted by atomic mass is 28.4. The molecule has 94 valence electrons. The summed E-state index contributed by atoms with van der Waals surface area (Å²) >= 11 is 0. The van der Waals surface area contributed by atoms with Gasteiger partial charge in [-0.05, 0) is 32.0 Å². The van der Waals surface area contributed by atoms with Crippen LogP contribution in [0.4, 0.5) is 4.79 Å². The minimum absolute atomic E-state index is 0.0862. The minimum Gasteiger partial charge on any atom is -0.417 e. The molecule has 1 saturated heterocycles. The fraction of sp³-hybridized carbons (Fsp3) is 0.909. The second-order valence-corrected chi connectivity index (χ2v) is 9.43. The maximum Gasteiger partial charge on any atom is 0.317 e. The largest absolute Gasteiger partial charge is 0.417 e. The quantitative estimate of drug-likeness (QED) is 0.726. The van der Waals surface area contributed by atoms with Gasteiger partial charge in [-0.3, -0.25) is 0 Å². The summed E-state index contributed by atoms with van der Waals surface area (Å²) in [4.78, 5) is 13.3. The predicted molar refractivity (Wildman–Crippen MR) is 68.1 cm³/mol. The van der Waals surface area contributed by atoms with Gasteiger partial charge >= 0.3 is 6.03 Å². The van der Waals surface area contributed by atoms with Crippen LogP contribution in [0.25, 0.3) is 0 Å². The molecule has 0 aromatic rings. The highest BCUT2D eigenvalue weighted by molar-refractivity contribution is 6.72. The standard InChI is InChI=1S/C11H24N2O2Si/c1-5-15-16(3,4)10(2)6-8-13-9-7-12-11(13)14/h10H,5-9H2,1-4H3,(H,12,14). The van der Waals surface area contributed by atoms with Gasteiger partial charge in [-0.2, -0.15) is 0 Å². The molecule has 1 N–H and O–H groups in total. The van der Waals surface area contributed by atoms with E-state index in [2.05, 4.69) is 32.3 Å². The maximum absolute atomic E-state index is 11.4. The molecule has 16 heavy (non-hydrogen) atoms. The Morgan fingerprint density at radius 1 is 1.56 bits per heavy atom. The molecule has 4 nitrogen and oxygen atoms in total. The summed E-state index contributed by atoms with van der Waals surface area (Å²) in [5.41, 5.74) is 0.584. The summed E-state index contributed by atoms with van der Waals surface area (Å²) in [6.07, 6.45) is 1.05. The topological polar surface area (TPSA) is 41.6 Å². The molecular formula is C11H24N2O2Si. The molecule has 0 aromatic carbocycles. The fourth-order valence-electron chi connectivity index (χ4n) is 1.94. The van der Waals surface area contributed by atoms with E-state index in [1.807, 2.05) is 4.90 Å². The van der Waals surface area contributed by atoms with Crippen molar-refractivity contribution in [3.8, 4) is 0 Å². The van der Waals surface area contributed by atoms with E-state index < -0.39 is 8.32 Å². The molecule has 0 radical (unpaired) electrons. The van der Waals surface area contributed by atoms with Crippen LogP contribution in [0.2, 0.25) is 18.6 Å². The zero-order chi connectivity index (χ0) is 12.2. The Morgan fingerprint density at radius 2 is 2.25 bits per heavy atom. The zero-order valence-corrected chi connectivity index (χ0v) is 11.9. The number of urea groups is 1. The molecule has 1 aliphatic rings. The average molecular weight is 244 g/mol. The Balaban J connectivity index is 2.34. The molecule has 0 spiro atoms. The SMILES string of the molecule is CCO[Si](C)(C)C(C)CCN1CCNC1=O. The first-order chi connectivity index (χ1) is 7.47. The summed E-state index contributed by atoms with van der Waals surface area (Å²) in [5.74, 6) is 0. The molecule has 1 fully saturated rings. The Hall–Kier alpha value is -0.553. The molecular weight excluding hydrogens is 220 g/mol. The minimum atomic E-state index is -1.56. The molecule has 1 aliphatic heterocycles. The smallest absolute Gasteiger partial charge is 0.317 e. The fourth-order valence-corrected chi connectivity index (χ4v) is 3.79. The third-order valence-electron chi connectivity index (χ3n) is 3.48. The van der Waals surface area contributed by atoms with Crippen LogP contribution < -0.4 is 5.32 Å². The molecule has 0 saturated carbocycles. The first kappa shape index (κ1) is 13.5. The number of hydrogen-bond acceptors (Lipinski definition) is 2. The van der Waals surface area contributed by atoms with Gasteiger partial charge in [0, 0.05) is 26.2 Å². The molecule has 1 atom stereocenters. The van der Waals surface area contributed by atoms with Crippen molar-refractivity contribution >= 4 is 14.3 Å². The van der Waals surface area contributed by atoms with Gasteiger partial charge in [-0.1, -0.05) is 6.92 Å². The highest BCUT2D eigenvalue weighted by Crippen LogP contribution is 2.26. The van der Waals surface area contributed by atoms with Crippen LogP contribution in [0.5, 0.6) is 0 Å². The number of rotatable bonds is 6. The van der Waals surface area contributed by atoms with Gasteiger partial charge < -0.3 is 14.6 Å². The van der Waals surface area contributed by atoms with Gasteiger partial charge in [0.15, 0.2) is 8.32 Å². The Morgan fingerprint density at radius 3 is 2.75 bits per heavy atom. The molecule has 1 rings (SSSR count). The molecule has 1 heterocycles. The molecule has 2 amide bonds. The van der Waals surface area contributed by atoms with Crippen molar-refractivity contribution in [2.45, 2.75) is 38.9 Å². The van der Waals surface area contributed by atoms with E-state index in [4.69, 9.17) is 4.43 Å². The Bertz CT molecular complexity index is 246.